The highest BCUT2D eigenvalue weighted by molar-refractivity contribution is 7.89. The molecule has 2 heterocycles. The van der Waals surface area contributed by atoms with Gasteiger partial charge in [-0.05, 0) is 30.9 Å². The van der Waals surface area contributed by atoms with Crippen LogP contribution < -0.4 is 5.32 Å². The molecule has 0 bridgehead atoms. The van der Waals surface area contributed by atoms with Gasteiger partial charge in [0.05, 0.1) is 17.6 Å². The van der Waals surface area contributed by atoms with Gasteiger partial charge in [0.15, 0.2) is 0 Å². The normalized spacial score (nSPS) is 20.3. The van der Waals surface area contributed by atoms with Crippen LogP contribution in [0.1, 0.15) is 33.1 Å². The minimum absolute atomic E-state index is 0.00889. The number of rotatable bonds is 7. The van der Waals surface area contributed by atoms with Crippen LogP contribution in [0.2, 0.25) is 0 Å². The van der Waals surface area contributed by atoms with E-state index in [4.69, 9.17) is 0 Å². The van der Waals surface area contributed by atoms with Gasteiger partial charge in [-0.1, -0.05) is 26.3 Å². The Bertz CT molecular complexity index is 1010. The maximum atomic E-state index is 13.2. The monoisotopic (exact) mass is 440 g/mol. The number of nitrogens with one attached hydrogen (secondary N) is 1. The molecule has 2 N–H and O–H groups in total. The standard InChI is InChI=1S/C18H24N4O5S2/c1-3-11(2)15(18(24)25)19-17(23)12-6-5-9-22(10-12)29(26,27)14-8-4-7-13-16(14)21-28-20-13/h4,7-8,11-12,15H,3,5-6,9-10H2,1-2H3,(H,19,23)(H,24,25)/t11-,12+,15+/m1/s1. The lowest BCUT2D eigenvalue weighted by molar-refractivity contribution is -0.144. The SMILES string of the molecule is CC[C@@H](C)[C@H](NC(=O)[C@H]1CCCN(S(=O)(=O)c2cccc3nsnc23)C1)C(=O)O. The first-order chi connectivity index (χ1) is 13.8. The van der Waals surface area contributed by atoms with Gasteiger partial charge in [0, 0.05) is 13.1 Å². The Morgan fingerprint density at radius 1 is 1.38 bits per heavy atom. The second-order valence-electron chi connectivity index (χ2n) is 7.30. The van der Waals surface area contributed by atoms with E-state index in [2.05, 4.69) is 14.1 Å². The third kappa shape index (κ3) is 4.41. The number of aromatic nitrogens is 2. The van der Waals surface area contributed by atoms with Crippen LogP contribution in [-0.4, -0.2) is 57.6 Å². The van der Waals surface area contributed by atoms with Crippen molar-refractivity contribution in [2.24, 2.45) is 11.8 Å². The molecule has 1 aliphatic heterocycles. The number of hydrogen-bond acceptors (Lipinski definition) is 7. The first kappa shape index (κ1) is 21.6. The number of benzene rings is 1. The molecular weight excluding hydrogens is 416 g/mol. The molecular formula is C18H24N4O5S2. The molecule has 11 heteroatoms. The number of hydrogen-bond donors (Lipinski definition) is 2. The van der Waals surface area contributed by atoms with Crippen molar-refractivity contribution >= 4 is 44.7 Å². The van der Waals surface area contributed by atoms with Crippen LogP contribution in [-0.2, 0) is 19.6 Å². The van der Waals surface area contributed by atoms with E-state index in [1.807, 2.05) is 6.92 Å². The Balaban J connectivity index is 1.79. The zero-order valence-electron chi connectivity index (χ0n) is 16.2. The summed E-state index contributed by atoms with van der Waals surface area (Å²) < 4.78 is 35.8. The van der Waals surface area contributed by atoms with E-state index in [1.54, 1.807) is 19.1 Å². The largest absolute Gasteiger partial charge is 0.480 e. The number of carboxylic acids is 1. The first-order valence-electron chi connectivity index (χ1n) is 9.50. The van der Waals surface area contributed by atoms with Crippen LogP contribution in [0.5, 0.6) is 0 Å². The Labute approximate surface area is 173 Å². The number of aliphatic carboxylic acids is 1. The zero-order chi connectivity index (χ0) is 21.2. The second kappa shape index (κ2) is 8.72. The predicted octanol–water partition coefficient (Wildman–Crippen LogP) is 1.71. The van der Waals surface area contributed by atoms with Gasteiger partial charge >= 0.3 is 5.97 Å². The van der Waals surface area contributed by atoms with Crippen molar-refractivity contribution < 1.29 is 23.1 Å². The average molecular weight is 441 g/mol. The molecule has 29 heavy (non-hydrogen) atoms. The van der Waals surface area contributed by atoms with Gasteiger partial charge in [-0.25, -0.2) is 13.2 Å². The molecule has 1 aromatic carbocycles. The van der Waals surface area contributed by atoms with Gasteiger partial charge in [0.1, 0.15) is 22.0 Å². The minimum atomic E-state index is -3.85. The highest BCUT2D eigenvalue weighted by Crippen LogP contribution is 2.28. The number of nitrogens with zero attached hydrogens (tertiary/aromatic N) is 3. The third-order valence-electron chi connectivity index (χ3n) is 5.40. The summed E-state index contributed by atoms with van der Waals surface area (Å²) in [5, 5.41) is 12.0. The van der Waals surface area contributed by atoms with Crippen molar-refractivity contribution in [1.29, 1.82) is 0 Å². The topological polar surface area (TPSA) is 130 Å². The van der Waals surface area contributed by atoms with Gasteiger partial charge in [-0.3, -0.25) is 4.79 Å². The number of carbonyl (C=O) groups excluding carboxylic acids is 1. The number of amides is 1. The van der Waals surface area contributed by atoms with Gasteiger partial charge in [0.25, 0.3) is 0 Å². The van der Waals surface area contributed by atoms with E-state index in [-0.39, 0.29) is 17.4 Å². The van der Waals surface area contributed by atoms with Gasteiger partial charge in [-0.15, -0.1) is 0 Å². The molecule has 1 amide bonds. The molecule has 0 saturated carbocycles. The molecule has 1 saturated heterocycles. The summed E-state index contributed by atoms with van der Waals surface area (Å²) in [6, 6.07) is 3.82. The van der Waals surface area contributed by atoms with Gasteiger partial charge in [0.2, 0.25) is 15.9 Å². The number of sulfonamides is 1. The Morgan fingerprint density at radius 2 is 2.14 bits per heavy atom. The number of carboxylic acid groups (broad SMARTS) is 1. The molecule has 3 atom stereocenters. The van der Waals surface area contributed by atoms with Crippen LogP contribution in [0.4, 0.5) is 0 Å². The Morgan fingerprint density at radius 3 is 2.83 bits per heavy atom. The quantitative estimate of drug-likeness (QED) is 0.670. The number of fused-ring (bicyclic) bond motifs is 1. The van der Waals surface area contributed by atoms with E-state index >= 15 is 0 Å². The molecule has 0 unspecified atom stereocenters. The van der Waals surface area contributed by atoms with Crippen molar-refractivity contribution in [2.45, 2.75) is 44.0 Å². The Kier molecular flexibility index (Phi) is 6.49. The molecule has 0 spiro atoms. The third-order valence-corrected chi connectivity index (χ3v) is 7.84. The highest BCUT2D eigenvalue weighted by Gasteiger charge is 2.36. The lowest BCUT2D eigenvalue weighted by Crippen LogP contribution is -2.51. The maximum absolute atomic E-state index is 13.2. The van der Waals surface area contributed by atoms with E-state index in [9.17, 15) is 23.1 Å². The van der Waals surface area contributed by atoms with Crippen molar-refractivity contribution in [3.63, 3.8) is 0 Å². The second-order valence-corrected chi connectivity index (χ2v) is 9.74. The number of carbonyl (C=O) groups is 2. The van der Waals surface area contributed by atoms with Crippen LogP contribution in [0.15, 0.2) is 23.1 Å². The van der Waals surface area contributed by atoms with E-state index < -0.39 is 33.9 Å². The molecule has 3 rings (SSSR count). The molecule has 0 aliphatic carbocycles. The molecule has 1 aromatic heterocycles. The molecule has 9 nitrogen and oxygen atoms in total. The van der Waals surface area contributed by atoms with Crippen LogP contribution in [0, 0.1) is 11.8 Å². The maximum Gasteiger partial charge on any atom is 0.326 e. The van der Waals surface area contributed by atoms with E-state index in [0.717, 1.165) is 11.7 Å². The molecule has 1 aliphatic rings. The summed E-state index contributed by atoms with van der Waals surface area (Å²) >= 11 is 0.947. The highest BCUT2D eigenvalue weighted by atomic mass is 32.2. The molecule has 2 aromatic rings. The lowest BCUT2D eigenvalue weighted by atomic mass is 9.95. The minimum Gasteiger partial charge on any atom is -0.480 e. The fraction of sp³-hybridized carbons (Fsp3) is 0.556. The van der Waals surface area contributed by atoms with Crippen molar-refractivity contribution in [3.8, 4) is 0 Å². The van der Waals surface area contributed by atoms with Crippen molar-refractivity contribution in [1.82, 2.24) is 18.4 Å². The smallest absolute Gasteiger partial charge is 0.326 e. The lowest BCUT2D eigenvalue weighted by Gasteiger charge is -2.32. The van der Waals surface area contributed by atoms with Crippen LogP contribution in [0.3, 0.4) is 0 Å². The van der Waals surface area contributed by atoms with Crippen molar-refractivity contribution in [3.05, 3.63) is 18.2 Å². The van der Waals surface area contributed by atoms with Crippen molar-refractivity contribution in [2.75, 3.05) is 13.1 Å². The summed E-state index contributed by atoms with van der Waals surface area (Å²) in [6.45, 7) is 3.93. The molecule has 1 fully saturated rings. The summed E-state index contributed by atoms with van der Waals surface area (Å²) in [7, 11) is -3.85. The Hall–Kier alpha value is -2.11. The average Bonchev–Trinajstić information content (AvgIpc) is 3.19. The summed E-state index contributed by atoms with van der Waals surface area (Å²) in [4.78, 5) is 24.3. The molecule has 158 valence electrons. The fourth-order valence-electron chi connectivity index (χ4n) is 3.46. The summed E-state index contributed by atoms with van der Waals surface area (Å²) in [5.74, 6) is -2.34. The zero-order valence-corrected chi connectivity index (χ0v) is 17.9. The van der Waals surface area contributed by atoms with Gasteiger partial charge < -0.3 is 10.4 Å². The van der Waals surface area contributed by atoms with E-state index in [1.165, 1.54) is 10.4 Å². The molecule has 0 radical (unpaired) electrons. The van der Waals surface area contributed by atoms with E-state index in [0.29, 0.717) is 36.8 Å². The first-order valence-corrected chi connectivity index (χ1v) is 11.7. The summed E-state index contributed by atoms with van der Waals surface area (Å²) in [6.07, 6.45) is 1.63. The predicted molar refractivity (Wildman–Crippen MR) is 108 cm³/mol. The van der Waals surface area contributed by atoms with Gasteiger partial charge in [-0.2, -0.15) is 13.1 Å². The van der Waals surface area contributed by atoms with Crippen LogP contribution in [0.25, 0.3) is 11.0 Å². The number of piperidine rings is 1. The fourth-order valence-corrected chi connectivity index (χ4v) is 5.73. The van der Waals surface area contributed by atoms with Crippen LogP contribution >= 0.6 is 11.7 Å². The summed E-state index contributed by atoms with van der Waals surface area (Å²) in [5.41, 5.74) is 0.840.